The molecule has 1 aromatic carbocycles. The summed E-state index contributed by atoms with van der Waals surface area (Å²) in [7, 11) is 1.56. The van der Waals surface area contributed by atoms with Crippen LogP contribution in [0.1, 0.15) is 5.56 Å². The average Bonchev–Trinajstić information content (AvgIpc) is 2.78. The number of benzene rings is 1. The van der Waals surface area contributed by atoms with E-state index in [1.165, 1.54) is 0 Å². The molecule has 0 saturated heterocycles. The van der Waals surface area contributed by atoms with E-state index < -0.39 is 6.10 Å². The first-order valence-corrected chi connectivity index (χ1v) is 6.04. The van der Waals surface area contributed by atoms with Crippen LogP contribution >= 0.6 is 11.6 Å². The van der Waals surface area contributed by atoms with Gasteiger partial charge in [-0.25, -0.2) is 0 Å². The van der Waals surface area contributed by atoms with E-state index >= 15 is 0 Å². The summed E-state index contributed by atoms with van der Waals surface area (Å²) in [5.41, 5.74) is 0.980. The highest BCUT2D eigenvalue weighted by Gasteiger charge is 2.18. The Morgan fingerprint density at radius 1 is 1.50 bits per heavy atom. The van der Waals surface area contributed by atoms with Gasteiger partial charge in [0.25, 0.3) is 0 Å². The molecule has 1 atom stereocenters. The molecule has 100 valence electrons. The quantitative estimate of drug-likeness (QED) is 0.815. The van der Waals surface area contributed by atoms with Gasteiger partial charge in [0, 0.05) is 20.2 Å². The van der Waals surface area contributed by atoms with Gasteiger partial charge in [0.2, 0.25) is 6.79 Å². The molecule has 5 nitrogen and oxygen atoms in total. The molecule has 0 bridgehead atoms. The van der Waals surface area contributed by atoms with E-state index in [4.69, 9.17) is 25.8 Å². The fraction of sp³-hybridized carbons (Fsp3) is 0.500. The van der Waals surface area contributed by atoms with Crippen molar-refractivity contribution in [3.8, 4) is 11.5 Å². The van der Waals surface area contributed by atoms with Gasteiger partial charge in [-0.15, -0.1) is 0 Å². The Hall–Kier alpha value is -1.01. The first-order valence-electron chi connectivity index (χ1n) is 5.66. The fourth-order valence-corrected chi connectivity index (χ4v) is 2.05. The van der Waals surface area contributed by atoms with Gasteiger partial charge in [-0.3, -0.25) is 0 Å². The number of ether oxygens (including phenoxy) is 3. The van der Waals surface area contributed by atoms with E-state index in [-0.39, 0.29) is 6.79 Å². The number of nitrogens with one attached hydrogen (secondary N) is 1. The lowest BCUT2D eigenvalue weighted by molar-refractivity contribution is 0.0644. The van der Waals surface area contributed by atoms with E-state index in [0.29, 0.717) is 36.2 Å². The lowest BCUT2D eigenvalue weighted by atomic mass is 10.2. The van der Waals surface area contributed by atoms with Crippen molar-refractivity contribution in [3.05, 3.63) is 22.7 Å². The summed E-state index contributed by atoms with van der Waals surface area (Å²) < 4.78 is 15.3. The maximum Gasteiger partial charge on any atom is 0.231 e. The SMILES string of the molecule is COCC(O)CNCc1cc(Cl)c2c(c1)OCO2. The van der Waals surface area contributed by atoms with Crippen molar-refractivity contribution in [1.29, 1.82) is 0 Å². The second-order valence-corrected chi connectivity index (χ2v) is 4.46. The lowest BCUT2D eigenvalue weighted by Crippen LogP contribution is -2.29. The number of hydrogen-bond donors (Lipinski definition) is 2. The summed E-state index contributed by atoms with van der Waals surface area (Å²) in [6.45, 7) is 1.57. The molecule has 1 heterocycles. The molecule has 0 aromatic heterocycles. The monoisotopic (exact) mass is 273 g/mol. The Bertz CT molecular complexity index is 413. The van der Waals surface area contributed by atoms with Crippen LogP contribution < -0.4 is 14.8 Å². The normalized spacial score (nSPS) is 14.8. The van der Waals surface area contributed by atoms with Gasteiger partial charge in [0.05, 0.1) is 17.7 Å². The van der Waals surface area contributed by atoms with Crippen LogP contribution in [0.5, 0.6) is 11.5 Å². The number of hydrogen-bond acceptors (Lipinski definition) is 5. The van der Waals surface area contributed by atoms with Crippen LogP contribution in [0.2, 0.25) is 5.02 Å². The maximum atomic E-state index is 9.48. The zero-order chi connectivity index (χ0) is 13.0. The molecule has 0 saturated carbocycles. The number of rotatable bonds is 6. The van der Waals surface area contributed by atoms with Crippen LogP contribution in [0.4, 0.5) is 0 Å². The zero-order valence-corrected chi connectivity index (χ0v) is 10.9. The van der Waals surface area contributed by atoms with Crippen LogP contribution in [0.3, 0.4) is 0 Å². The molecule has 2 rings (SSSR count). The largest absolute Gasteiger partial charge is 0.454 e. The Kier molecular flexibility index (Phi) is 4.66. The molecule has 0 amide bonds. The van der Waals surface area contributed by atoms with Gasteiger partial charge in [-0.1, -0.05) is 11.6 Å². The van der Waals surface area contributed by atoms with E-state index in [1.54, 1.807) is 7.11 Å². The lowest BCUT2D eigenvalue weighted by Gasteiger charge is -2.11. The van der Waals surface area contributed by atoms with E-state index in [2.05, 4.69) is 5.32 Å². The number of aliphatic hydroxyl groups is 1. The van der Waals surface area contributed by atoms with Crippen LogP contribution in [0.15, 0.2) is 12.1 Å². The Morgan fingerprint density at radius 3 is 3.11 bits per heavy atom. The second-order valence-electron chi connectivity index (χ2n) is 4.05. The second kappa shape index (κ2) is 6.24. The van der Waals surface area contributed by atoms with Crippen molar-refractivity contribution < 1.29 is 19.3 Å². The van der Waals surface area contributed by atoms with E-state index in [0.717, 1.165) is 5.56 Å². The molecule has 1 unspecified atom stereocenters. The summed E-state index contributed by atoms with van der Waals surface area (Å²) in [6.07, 6.45) is -0.514. The van der Waals surface area contributed by atoms with Crippen molar-refractivity contribution in [1.82, 2.24) is 5.32 Å². The molecule has 1 aliphatic heterocycles. The van der Waals surface area contributed by atoms with Gasteiger partial charge in [0.15, 0.2) is 11.5 Å². The predicted octanol–water partition coefficient (Wildman–Crippen LogP) is 1.17. The van der Waals surface area contributed by atoms with Gasteiger partial charge in [-0.05, 0) is 17.7 Å². The fourth-order valence-electron chi connectivity index (χ4n) is 1.76. The molecule has 2 N–H and O–H groups in total. The third-order valence-corrected chi connectivity index (χ3v) is 2.84. The van der Waals surface area contributed by atoms with Crippen molar-refractivity contribution >= 4 is 11.6 Å². The van der Waals surface area contributed by atoms with Crippen LogP contribution in [-0.4, -0.2) is 38.3 Å². The first-order chi connectivity index (χ1) is 8.70. The van der Waals surface area contributed by atoms with Crippen molar-refractivity contribution in [2.75, 3.05) is 27.1 Å². The molecular formula is C12H16ClNO4. The molecule has 1 aromatic rings. The first kappa shape index (κ1) is 13.4. The third kappa shape index (κ3) is 3.26. The van der Waals surface area contributed by atoms with Gasteiger partial charge in [0.1, 0.15) is 0 Å². The van der Waals surface area contributed by atoms with Crippen LogP contribution in [0, 0.1) is 0 Å². The predicted molar refractivity (Wildman–Crippen MR) is 67.2 cm³/mol. The van der Waals surface area contributed by atoms with Gasteiger partial charge >= 0.3 is 0 Å². The number of methoxy groups -OCH3 is 1. The molecule has 0 aliphatic carbocycles. The topological polar surface area (TPSA) is 60.0 Å². The minimum absolute atomic E-state index is 0.207. The summed E-state index contributed by atoms with van der Waals surface area (Å²) in [6, 6.07) is 3.70. The molecule has 0 spiro atoms. The van der Waals surface area contributed by atoms with Crippen molar-refractivity contribution in [3.63, 3.8) is 0 Å². The minimum atomic E-state index is -0.514. The van der Waals surface area contributed by atoms with Crippen molar-refractivity contribution in [2.24, 2.45) is 0 Å². The summed E-state index contributed by atoms with van der Waals surface area (Å²) in [5.74, 6) is 1.26. The highest BCUT2D eigenvalue weighted by molar-refractivity contribution is 6.32. The summed E-state index contributed by atoms with van der Waals surface area (Å²) >= 11 is 6.06. The van der Waals surface area contributed by atoms with Crippen molar-refractivity contribution in [2.45, 2.75) is 12.6 Å². The molecule has 18 heavy (non-hydrogen) atoms. The van der Waals surface area contributed by atoms with Crippen LogP contribution in [0.25, 0.3) is 0 Å². The maximum absolute atomic E-state index is 9.48. The summed E-state index contributed by atoms with van der Waals surface area (Å²) in [4.78, 5) is 0. The number of aliphatic hydroxyl groups excluding tert-OH is 1. The average molecular weight is 274 g/mol. The Balaban J connectivity index is 1.88. The Morgan fingerprint density at radius 2 is 2.33 bits per heavy atom. The molecule has 6 heteroatoms. The highest BCUT2D eigenvalue weighted by Crippen LogP contribution is 2.39. The summed E-state index contributed by atoms with van der Waals surface area (Å²) in [5, 5.41) is 13.1. The van der Waals surface area contributed by atoms with E-state index in [1.807, 2.05) is 12.1 Å². The zero-order valence-electron chi connectivity index (χ0n) is 10.1. The van der Waals surface area contributed by atoms with Gasteiger partial charge < -0.3 is 24.6 Å². The standard InChI is InChI=1S/C12H16ClNO4/c1-16-6-9(15)5-14-4-8-2-10(13)12-11(3-8)17-7-18-12/h2-3,9,14-15H,4-7H2,1H3. The Labute approximate surface area is 111 Å². The third-order valence-electron chi connectivity index (χ3n) is 2.56. The van der Waals surface area contributed by atoms with Crippen LogP contribution in [-0.2, 0) is 11.3 Å². The molecular weight excluding hydrogens is 258 g/mol. The minimum Gasteiger partial charge on any atom is -0.454 e. The number of fused-ring (bicyclic) bond motifs is 1. The highest BCUT2D eigenvalue weighted by atomic mass is 35.5. The van der Waals surface area contributed by atoms with E-state index in [9.17, 15) is 5.11 Å². The molecule has 0 fully saturated rings. The molecule has 1 aliphatic rings. The van der Waals surface area contributed by atoms with Gasteiger partial charge in [-0.2, -0.15) is 0 Å². The smallest absolute Gasteiger partial charge is 0.231 e. The molecule has 0 radical (unpaired) electrons. The number of halogens is 1.